The fraction of sp³-hybridized carbons (Fsp3) is 0. The quantitative estimate of drug-likeness (QED) is 0.172. The van der Waals surface area contributed by atoms with Crippen molar-refractivity contribution in [1.82, 2.24) is 4.57 Å². The summed E-state index contributed by atoms with van der Waals surface area (Å²) in [6.07, 6.45) is 0. The normalized spacial score (nSPS) is 20.2. The summed E-state index contributed by atoms with van der Waals surface area (Å²) in [7, 11) is 0. The Balaban J connectivity index is 1.18. The van der Waals surface area contributed by atoms with Crippen molar-refractivity contribution in [3.8, 4) is 56.3 Å². The highest BCUT2D eigenvalue weighted by Gasteiger charge is 2.41. The first-order valence-electron chi connectivity index (χ1n) is 29.8. The monoisotopic (exact) mass is 705 g/mol. The summed E-state index contributed by atoms with van der Waals surface area (Å²) < 4.78 is 272. The lowest BCUT2D eigenvalue weighted by molar-refractivity contribution is 0.479. The van der Waals surface area contributed by atoms with Gasteiger partial charge in [0, 0.05) is 43.7 Å². The molecule has 2 aromatic heterocycles. The molecule has 0 saturated heterocycles. The van der Waals surface area contributed by atoms with Crippen LogP contribution in [0.2, 0.25) is 0 Å². The molecule has 0 saturated carbocycles. The van der Waals surface area contributed by atoms with Crippen molar-refractivity contribution in [2.75, 3.05) is 0 Å². The summed E-state index contributed by atoms with van der Waals surface area (Å²) >= 11 is 0. The molecule has 0 unspecified atom stereocenters. The van der Waals surface area contributed by atoms with Crippen molar-refractivity contribution < 1.29 is 52.2 Å². The Kier molecular flexibility index (Phi) is 2.62. The van der Waals surface area contributed by atoms with E-state index in [2.05, 4.69) is 0 Å². The summed E-state index contributed by atoms with van der Waals surface area (Å²) in [5.74, 6) is -2.10. The molecule has 0 radical (unpaired) electrons. The average molecular weight is 706 g/mol. The molecule has 0 spiro atoms. The van der Waals surface area contributed by atoms with Crippen molar-refractivity contribution >= 4 is 61.6 Å². The Hall–Kier alpha value is -6.98. The van der Waals surface area contributed by atoms with E-state index in [9.17, 15) is 13.7 Å². The van der Waals surface area contributed by atoms with Crippen LogP contribution in [0.3, 0.4) is 0 Å². The molecular weight excluding hydrogens is 649 g/mol. The predicted molar refractivity (Wildman–Crippen MR) is 217 cm³/mol. The van der Waals surface area contributed by atoms with Gasteiger partial charge in [-0.25, -0.2) is 0 Å². The van der Waals surface area contributed by atoms with E-state index in [1.165, 1.54) is 0 Å². The third-order valence-electron chi connectivity index (χ3n) is 8.93. The fourth-order valence-corrected chi connectivity index (χ4v) is 6.66. The minimum Gasteiger partial charge on any atom is -0.551 e. The van der Waals surface area contributed by atoms with Crippen LogP contribution in [0.5, 0.6) is 17.2 Å². The Morgan fingerprint density at radius 3 is 2.02 bits per heavy atom. The first-order valence-corrected chi connectivity index (χ1v) is 15.8. The van der Waals surface area contributed by atoms with Gasteiger partial charge in [-0.2, -0.15) is 0 Å². The molecule has 12 rings (SSSR count). The highest BCUT2D eigenvalue weighted by atomic mass is 16.5. The molecule has 0 fully saturated rings. The number of hydrogen-bond acceptors (Lipinski definition) is 3. The fourth-order valence-electron chi connectivity index (χ4n) is 6.66. The van der Waals surface area contributed by atoms with Crippen LogP contribution in [0.25, 0.3) is 82.8 Å². The number of ether oxygens (including phenoxy) is 1. The zero-order valence-corrected chi connectivity index (χ0v) is 26.2. The highest BCUT2D eigenvalue weighted by Crippen LogP contribution is 2.43. The maximum absolute atomic E-state index is 9.91. The third kappa shape index (κ3) is 4.19. The largest absolute Gasteiger partial charge is 0.551 e. The van der Waals surface area contributed by atoms with E-state index in [0.717, 1.165) is 4.57 Å². The van der Waals surface area contributed by atoms with Gasteiger partial charge in [0.2, 0.25) is 0 Å². The van der Waals surface area contributed by atoms with E-state index in [0.29, 0.717) is 0 Å². The Morgan fingerprint density at radius 1 is 0.453 bits per heavy atom. The molecule has 2 aliphatic rings. The Bertz CT molecular complexity index is 4690. The van der Waals surface area contributed by atoms with Gasteiger partial charge >= 0.3 is 6.92 Å². The molecule has 4 heterocycles. The van der Waals surface area contributed by atoms with Gasteiger partial charge < -0.3 is 18.4 Å². The number of nitrogens with zero attached hydrogens (tertiary/aromatic N) is 1. The van der Waals surface area contributed by atoms with Crippen molar-refractivity contribution in [3.63, 3.8) is 0 Å². The lowest BCUT2D eigenvalue weighted by Gasteiger charge is -2.33. The Morgan fingerprint density at radius 2 is 1.15 bits per heavy atom. The molecule has 10 aromatic rings. The van der Waals surface area contributed by atoms with E-state index in [4.69, 9.17) is 38.5 Å². The summed E-state index contributed by atoms with van der Waals surface area (Å²) in [5, 5.41) is -1.73. The second kappa shape index (κ2) is 10.8. The molecule has 8 aromatic carbocycles. The molecule has 246 valence electrons. The maximum Gasteiger partial charge on any atom is 0.434 e. The molecule has 2 aliphatic heterocycles. The predicted octanol–water partition coefficient (Wildman–Crippen LogP) is 11.3. The van der Waals surface area contributed by atoms with Gasteiger partial charge in [-0.15, -0.1) is 0 Å². The average Bonchev–Trinajstić information content (AvgIpc) is 3.74. The zero-order valence-electron chi connectivity index (χ0n) is 54.2. The molecule has 53 heavy (non-hydrogen) atoms. The van der Waals surface area contributed by atoms with E-state index in [-0.39, 0.29) is 5.39 Å². The highest BCUT2D eigenvalue weighted by molar-refractivity contribution is 6.84. The smallest absolute Gasteiger partial charge is 0.434 e. The van der Waals surface area contributed by atoms with Crippen LogP contribution in [0.4, 0.5) is 0 Å². The number of benzene rings is 8. The van der Waals surface area contributed by atoms with Gasteiger partial charge in [0.25, 0.3) is 0 Å². The lowest BCUT2D eigenvalue weighted by Crippen LogP contribution is -2.53. The van der Waals surface area contributed by atoms with Gasteiger partial charge in [-0.1, -0.05) is 103 Å². The van der Waals surface area contributed by atoms with Gasteiger partial charge in [0.1, 0.15) is 28.4 Å². The first kappa shape index (κ1) is 12.9. The standard InChI is InChI=1S/C48H28BNO3/c1-5-16-41-34(12-1)35-13-2-6-17-42(35)50(41)33-11-9-10-29(24-33)31-21-23-46-40(27-31)49-48-39(37-15-4-8-19-45(37)53-49)26-32(28-47(48)52-46)30-20-22-44-38(25-30)36-14-3-7-18-43(36)51-44/h1-28H/i1D,2D,3D,4D,5D,6D,7D,8D,9D,10D,11D,12D,13D,14D,15D,16D,17D,18D,19D,20D,21D,22D,23D,24D,25D,26D,27D,28D. The lowest BCUT2D eigenvalue weighted by atomic mass is 9.50. The molecule has 5 heteroatoms. The van der Waals surface area contributed by atoms with Crippen LogP contribution in [0.15, 0.2) is 174 Å². The van der Waals surface area contributed by atoms with Crippen LogP contribution in [0, 0.1) is 0 Å². The zero-order chi connectivity index (χ0) is 59.0. The SMILES string of the molecule is [2H]c1c([2H])c([2H])c2c(c1[2H])OB1c3c([2H])c(-c4c([2H])c([2H])c([2H])c(-n5c6c([2H])c([2H])c([2H])c([2H])c6c6c([2H])c([2H])c([2H])c([2H])c65)c4[2H])c([2H])c([2H])c3Oc3c([2H])c(-c4c([2H])c([2H])c5oc6c([2H])c([2H])c([2H])c([2H])c6c5c4[2H])c([2H])c-2c31. The summed E-state index contributed by atoms with van der Waals surface area (Å²) in [4.78, 5) is 0. The number of fused-ring (bicyclic) bond motifs is 10. The van der Waals surface area contributed by atoms with Crippen molar-refractivity contribution in [3.05, 3.63) is 169 Å². The van der Waals surface area contributed by atoms with Crippen molar-refractivity contribution in [2.45, 2.75) is 0 Å². The summed E-state index contributed by atoms with van der Waals surface area (Å²) in [5.41, 5.74) is -8.06. The van der Waals surface area contributed by atoms with Crippen LogP contribution in [0.1, 0.15) is 38.4 Å². The summed E-state index contributed by atoms with van der Waals surface area (Å²) in [6, 6.07) is -24.0. The first-order chi connectivity index (χ1) is 37.9. The van der Waals surface area contributed by atoms with Crippen molar-refractivity contribution in [1.29, 1.82) is 0 Å². The van der Waals surface area contributed by atoms with Crippen LogP contribution in [-0.4, -0.2) is 11.5 Å². The van der Waals surface area contributed by atoms with E-state index >= 15 is 0 Å². The number of rotatable bonds is 3. The molecule has 0 aliphatic carbocycles. The minimum atomic E-state index is -1.98. The summed E-state index contributed by atoms with van der Waals surface area (Å²) in [6.45, 7) is -1.98. The molecule has 0 N–H and O–H groups in total. The molecule has 4 nitrogen and oxygen atoms in total. The van der Waals surface area contributed by atoms with Gasteiger partial charge in [-0.05, 0) is 94.3 Å². The van der Waals surface area contributed by atoms with Gasteiger partial charge in [0.15, 0.2) is 0 Å². The maximum atomic E-state index is 9.91. The number of aromatic nitrogens is 1. The minimum absolute atomic E-state index is 0.378. The molecule has 0 bridgehead atoms. The van der Waals surface area contributed by atoms with Gasteiger partial charge in [0.05, 0.1) is 49.4 Å². The van der Waals surface area contributed by atoms with E-state index < -0.39 is 282 Å². The Labute approximate surface area is 344 Å². The van der Waals surface area contributed by atoms with Crippen LogP contribution >= 0.6 is 0 Å². The van der Waals surface area contributed by atoms with E-state index in [1.807, 2.05) is 0 Å². The van der Waals surface area contributed by atoms with Gasteiger partial charge in [-0.3, -0.25) is 0 Å². The third-order valence-corrected chi connectivity index (χ3v) is 8.93. The van der Waals surface area contributed by atoms with Crippen LogP contribution < -0.4 is 20.3 Å². The molecule has 0 atom stereocenters. The van der Waals surface area contributed by atoms with Crippen molar-refractivity contribution in [2.24, 2.45) is 0 Å². The second-order valence-electron chi connectivity index (χ2n) is 11.8. The number of para-hydroxylation sites is 4. The number of hydrogen-bond donors (Lipinski definition) is 0. The van der Waals surface area contributed by atoms with E-state index in [1.54, 1.807) is 0 Å². The molecular formula is C48H28BNO3. The van der Waals surface area contributed by atoms with Crippen LogP contribution in [-0.2, 0) is 0 Å². The second-order valence-corrected chi connectivity index (χ2v) is 11.8. The number of furan rings is 1. The topological polar surface area (TPSA) is 36.5 Å². The molecule has 0 amide bonds.